The lowest BCUT2D eigenvalue weighted by molar-refractivity contribution is -0.128. The highest BCUT2D eigenvalue weighted by Crippen LogP contribution is 2.30. The molecular weight excluding hydrogens is 332 g/mol. The third kappa shape index (κ3) is 3.84. The van der Waals surface area contributed by atoms with Gasteiger partial charge in [-0.2, -0.15) is 0 Å². The molecule has 2 heterocycles. The summed E-state index contributed by atoms with van der Waals surface area (Å²) in [4.78, 5) is 38.4. The molecule has 7 heteroatoms. The van der Waals surface area contributed by atoms with Crippen LogP contribution < -0.4 is 5.32 Å². The summed E-state index contributed by atoms with van der Waals surface area (Å²) in [5.74, 6) is -0.101. The highest BCUT2D eigenvalue weighted by atomic mass is 32.2. The summed E-state index contributed by atoms with van der Waals surface area (Å²) in [6.45, 7) is 0. The number of thioether (sulfide) groups is 1. The van der Waals surface area contributed by atoms with E-state index in [1.165, 1.54) is 11.0 Å². The molecule has 0 bridgehead atoms. The first-order valence-electron chi connectivity index (χ1n) is 7.66. The number of hydrogen-bond donors (Lipinski definition) is 1. The van der Waals surface area contributed by atoms with Gasteiger partial charge in [-0.1, -0.05) is 30.7 Å². The molecule has 2 unspecified atom stereocenters. The van der Waals surface area contributed by atoms with Crippen LogP contribution in [-0.2, 0) is 9.59 Å². The minimum Gasteiger partial charge on any atom is -0.348 e. The van der Waals surface area contributed by atoms with Gasteiger partial charge in [0.15, 0.2) is 0 Å². The molecular formula is C16H18N2O3S2. The predicted octanol–water partition coefficient (Wildman–Crippen LogP) is 2.88. The van der Waals surface area contributed by atoms with Crippen LogP contribution >= 0.6 is 23.1 Å². The molecule has 1 saturated carbocycles. The first-order valence-corrected chi connectivity index (χ1v) is 9.52. The maximum Gasteiger partial charge on any atom is 0.289 e. The largest absolute Gasteiger partial charge is 0.348 e. The highest BCUT2D eigenvalue weighted by Gasteiger charge is 2.40. The molecule has 122 valence electrons. The summed E-state index contributed by atoms with van der Waals surface area (Å²) in [5.41, 5.74) is 0. The van der Waals surface area contributed by atoms with E-state index in [1.54, 1.807) is 17.4 Å². The second-order valence-corrected chi connectivity index (χ2v) is 7.54. The fraction of sp³-hybridized carbons (Fsp3) is 0.438. The molecule has 0 spiro atoms. The lowest BCUT2D eigenvalue weighted by atomic mass is 9.89. The Hall–Kier alpha value is -1.60. The van der Waals surface area contributed by atoms with Gasteiger partial charge in [0, 0.05) is 11.0 Å². The van der Waals surface area contributed by atoms with Crippen molar-refractivity contribution in [3.05, 3.63) is 28.5 Å². The van der Waals surface area contributed by atoms with Gasteiger partial charge < -0.3 is 5.32 Å². The van der Waals surface area contributed by atoms with Crippen molar-refractivity contribution < 1.29 is 14.4 Å². The van der Waals surface area contributed by atoms with Crippen LogP contribution in [0.1, 0.15) is 30.6 Å². The lowest BCUT2D eigenvalue weighted by Crippen LogP contribution is -2.54. The van der Waals surface area contributed by atoms with Crippen molar-refractivity contribution in [3.63, 3.8) is 0 Å². The molecule has 2 atom stereocenters. The van der Waals surface area contributed by atoms with Gasteiger partial charge in [0.2, 0.25) is 11.8 Å². The number of amides is 3. The van der Waals surface area contributed by atoms with Crippen molar-refractivity contribution in [1.82, 2.24) is 10.2 Å². The SMILES string of the molecule is O=C(/C=C/c1cccs1)NC1CCCCC1N1C(=O)CSC1=O. The molecule has 1 saturated heterocycles. The molecule has 1 N–H and O–H groups in total. The van der Waals surface area contributed by atoms with Gasteiger partial charge in [0.25, 0.3) is 5.24 Å². The van der Waals surface area contributed by atoms with Crippen LogP contribution in [0.5, 0.6) is 0 Å². The standard InChI is InChI=1S/C16H18N2O3S2/c19-14(8-7-11-4-3-9-22-11)17-12-5-1-2-6-13(12)18-15(20)10-23-16(18)21/h3-4,7-9,12-13H,1-2,5-6,10H2,(H,17,19)/b8-7+. The van der Waals surface area contributed by atoms with Gasteiger partial charge >= 0.3 is 0 Å². The van der Waals surface area contributed by atoms with Gasteiger partial charge in [0.1, 0.15) is 0 Å². The fourth-order valence-corrected chi connectivity index (χ4v) is 4.43. The van der Waals surface area contributed by atoms with Crippen LogP contribution in [0.4, 0.5) is 4.79 Å². The summed E-state index contributed by atoms with van der Waals surface area (Å²) >= 11 is 2.61. The first kappa shape index (κ1) is 16.3. The Bertz CT molecular complexity index is 611. The Morgan fingerprint density at radius 1 is 1.30 bits per heavy atom. The summed E-state index contributed by atoms with van der Waals surface area (Å²) in [6, 6.07) is 3.51. The van der Waals surface area contributed by atoms with Crippen LogP contribution in [0.2, 0.25) is 0 Å². The van der Waals surface area contributed by atoms with Gasteiger partial charge in [0.05, 0.1) is 17.8 Å². The molecule has 1 aliphatic heterocycles. The van der Waals surface area contributed by atoms with E-state index in [-0.39, 0.29) is 34.9 Å². The van der Waals surface area contributed by atoms with E-state index in [9.17, 15) is 14.4 Å². The maximum atomic E-state index is 12.1. The number of carbonyl (C=O) groups excluding carboxylic acids is 3. The third-order valence-corrected chi connectivity index (χ3v) is 5.79. The van der Waals surface area contributed by atoms with Crippen LogP contribution in [0.25, 0.3) is 6.08 Å². The third-order valence-electron chi connectivity index (χ3n) is 4.12. The molecule has 1 aromatic heterocycles. The average molecular weight is 350 g/mol. The molecule has 3 rings (SSSR count). The molecule has 23 heavy (non-hydrogen) atoms. The van der Waals surface area contributed by atoms with E-state index in [1.807, 2.05) is 17.5 Å². The Labute approximate surface area is 143 Å². The van der Waals surface area contributed by atoms with Crippen molar-refractivity contribution in [2.75, 3.05) is 5.75 Å². The zero-order chi connectivity index (χ0) is 16.2. The average Bonchev–Trinajstić information content (AvgIpc) is 3.17. The summed E-state index contributed by atoms with van der Waals surface area (Å²) in [5, 5.41) is 4.74. The number of thiophene rings is 1. The predicted molar refractivity (Wildman–Crippen MR) is 92.2 cm³/mol. The number of imide groups is 1. The number of hydrogen-bond acceptors (Lipinski definition) is 5. The monoisotopic (exact) mass is 350 g/mol. The van der Waals surface area contributed by atoms with E-state index in [4.69, 9.17) is 0 Å². The van der Waals surface area contributed by atoms with Gasteiger partial charge in [-0.25, -0.2) is 0 Å². The van der Waals surface area contributed by atoms with Crippen molar-refractivity contribution in [1.29, 1.82) is 0 Å². The van der Waals surface area contributed by atoms with Crippen molar-refractivity contribution >= 4 is 46.2 Å². The molecule has 5 nitrogen and oxygen atoms in total. The van der Waals surface area contributed by atoms with Crippen molar-refractivity contribution in [2.24, 2.45) is 0 Å². The normalized spacial score (nSPS) is 25.3. The van der Waals surface area contributed by atoms with Gasteiger partial charge in [-0.3, -0.25) is 19.3 Å². The molecule has 0 radical (unpaired) electrons. The van der Waals surface area contributed by atoms with E-state index < -0.39 is 0 Å². The Balaban J connectivity index is 1.65. The Morgan fingerprint density at radius 2 is 2.13 bits per heavy atom. The summed E-state index contributed by atoms with van der Waals surface area (Å²) < 4.78 is 0. The van der Waals surface area contributed by atoms with Crippen LogP contribution in [0.3, 0.4) is 0 Å². The van der Waals surface area contributed by atoms with Crippen LogP contribution in [-0.4, -0.2) is 39.8 Å². The molecule has 0 aromatic carbocycles. The van der Waals surface area contributed by atoms with E-state index >= 15 is 0 Å². The second-order valence-electron chi connectivity index (χ2n) is 5.63. The van der Waals surface area contributed by atoms with E-state index in [2.05, 4.69) is 5.32 Å². The highest BCUT2D eigenvalue weighted by molar-refractivity contribution is 8.14. The van der Waals surface area contributed by atoms with Crippen LogP contribution in [0.15, 0.2) is 23.6 Å². The number of nitrogens with zero attached hydrogens (tertiary/aromatic N) is 1. The molecule has 2 aliphatic rings. The van der Waals surface area contributed by atoms with Crippen molar-refractivity contribution in [3.8, 4) is 0 Å². The minimum atomic E-state index is -0.210. The second kappa shape index (κ2) is 7.31. The first-order chi connectivity index (χ1) is 11.1. The topological polar surface area (TPSA) is 66.5 Å². The molecule has 1 aliphatic carbocycles. The van der Waals surface area contributed by atoms with Crippen molar-refractivity contribution in [2.45, 2.75) is 37.8 Å². The summed E-state index contributed by atoms with van der Waals surface area (Å²) in [7, 11) is 0. The minimum absolute atomic E-state index is 0.139. The quantitative estimate of drug-likeness (QED) is 0.848. The Morgan fingerprint density at radius 3 is 2.83 bits per heavy atom. The number of nitrogens with one attached hydrogen (secondary N) is 1. The zero-order valence-corrected chi connectivity index (χ0v) is 14.2. The molecule has 1 aromatic rings. The van der Waals surface area contributed by atoms with Gasteiger partial charge in [-0.05, 0) is 30.4 Å². The summed E-state index contributed by atoms with van der Waals surface area (Å²) in [6.07, 6.45) is 6.82. The molecule has 2 fully saturated rings. The smallest absolute Gasteiger partial charge is 0.289 e. The zero-order valence-electron chi connectivity index (χ0n) is 12.6. The van der Waals surface area contributed by atoms with Gasteiger partial charge in [-0.15, -0.1) is 11.3 Å². The Kier molecular flexibility index (Phi) is 5.17. The number of carbonyl (C=O) groups is 3. The maximum absolute atomic E-state index is 12.1. The fourth-order valence-electron chi connectivity index (χ4n) is 3.05. The van der Waals surface area contributed by atoms with E-state index in [0.717, 1.165) is 42.3 Å². The molecule has 3 amide bonds. The lowest BCUT2D eigenvalue weighted by Gasteiger charge is -2.36. The number of rotatable bonds is 4. The van der Waals surface area contributed by atoms with E-state index in [0.29, 0.717) is 0 Å². The van der Waals surface area contributed by atoms with Crippen LogP contribution in [0, 0.1) is 0 Å².